The van der Waals surface area contributed by atoms with E-state index in [0.717, 1.165) is 12.8 Å². The maximum Gasteiger partial charge on any atom is 0.333 e. The SMILES string of the molecule is CCCCCCCCOC(=O)CCC1=CC(=O)OC1O. The summed E-state index contributed by atoms with van der Waals surface area (Å²) in [6.45, 7) is 2.62. The molecule has 0 aromatic carbocycles. The lowest BCUT2D eigenvalue weighted by Crippen LogP contribution is -2.12. The topological polar surface area (TPSA) is 72.8 Å². The van der Waals surface area contributed by atoms with Crippen LogP contribution in [0, 0.1) is 0 Å². The van der Waals surface area contributed by atoms with Crippen molar-refractivity contribution in [2.75, 3.05) is 6.61 Å². The van der Waals surface area contributed by atoms with Gasteiger partial charge in [-0.25, -0.2) is 4.79 Å². The molecule has 1 unspecified atom stereocenters. The van der Waals surface area contributed by atoms with Crippen LogP contribution in [0.1, 0.15) is 58.3 Å². The van der Waals surface area contributed by atoms with Gasteiger partial charge in [0.1, 0.15) is 0 Å². The number of hydrogen-bond donors (Lipinski definition) is 1. The van der Waals surface area contributed by atoms with Crippen LogP contribution in [0.2, 0.25) is 0 Å². The molecule has 0 spiro atoms. The molecule has 114 valence electrons. The molecule has 0 aromatic rings. The highest BCUT2D eigenvalue weighted by Crippen LogP contribution is 2.18. The maximum atomic E-state index is 11.5. The molecule has 1 atom stereocenters. The summed E-state index contributed by atoms with van der Waals surface area (Å²) in [4.78, 5) is 22.3. The highest BCUT2D eigenvalue weighted by atomic mass is 16.6. The molecule has 0 saturated carbocycles. The Morgan fingerprint density at radius 2 is 2.00 bits per heavy atom. The molecule has 5 nitrogen and oxygen atoms in total. The van der Waals surface area contributed by atoms with Crippen LogP contribution >= 0.6 is 0 Å². The average molecular weight is 284 g/mol. The Kier molecular flexibility index (Phi) is 7.95. The number of carbonyl (C=O) groups is 2. The van der Waals surface area contributed by atoms with Gasteiger partial charge in [0.25, 0.3) is 0 Å². The number of cyclic esters (lactones) is 1. The van der Waals surface area contributed by atoms with Crippen LogP contribution in [0.4, 0.5) is 0 Å². The van der Waals surface area contributed by atoms with Crippen molar-refractivity contribution in [1.29, 1.82) is 0 Å². The van der Waals surface area contributed by atoms with E-state index in [1.807, 2.05) is 0 Å². The second-order valence-electron chi connectivity index (χ2n) is 5.00. The number of ether oxygens (including phenoxy) is 2. The van der Waals surface area contributed by atoms with Gasteiger partial charge in [0.2, 0.25) is 6.29 Å². The molecule has 0 radical (unpaired) electrons. The summed E-state index contributed by atoms with van der Waals surface area (Å²) in [6, 6.07) is 0. The Bertz CT molecular complexity index is 348. The molecule has 5 heteroatoms. The van der Waals surface area contributed by atoms with E-state index in [1.54, 1.807) is 0 Å². The van der Waals surface area contributed by atoms with Crippen molar-refractivity contribution in [3.05, 3.63) is 11.6 Å². The van der Waals surface area contributed by atoms with Crippen molar-refractivity contribution in [3.8, 4) is 0 Å². The maximum absolute atomic E-state index is 11.5. The Labute approximate surface area is 119 Å². The minimum Gasteiger partial charge on any atom is -0.466 e. The molecule has 1 heterocycles. The summed E-state index contributed by atoms with van der Waals surface area (Å²) < 4.78 is 9.62. The summed E-state index contributed by atoms with van der Waals surface area (Å²) in [6.07, 6.45) is 7.37. The fourth-order valence-corrected chi connectivity index (χ4v) is 2.03. The van der Waals surface area contributed by atoms with Crippen LogP contribution in [-0.2, 0) is 19.1 Å². The molecule has 0 saturated heterocycles. The van der Waals surface area contributed by atoms with Gasteiger partial charge in [-0.1, -0.05) is 39.0 Å². The summed E-state index contributed by atoms with van der Waals surface area (Å²) in [5.74, 6) is -0.862. The van der Waals surface area contributed by atoms with E-state index in [0.29, 0.717) is 18.6 Å². The van der Waals surface area contributed by atoms with Crippen molar-refractivity contribution < 1.29 is 24.2 Å². The van der Waals surface area contributed by atoms with Crippen LogP contribution in [0.25, 0.3) is 0 Å². The quantitative estimate of drug-likeness (QED) is 0.493. The number of rotatable bonds is 10. The molecule has 0 aliphatic carbocycles. The smallest absolute Gasteiger partial charge is 0.333 e. The highest BCUT2D eigenvalue weighted by molar-refractivity contribution is 5.85. The predicted octanol–water partition coefficient (Wildman–Crippen LogP) is 2.47. The molecule has 1 N–H and O–H groups in total. The van der Waals surface area contributed by atoms with Gasteiger partial charge in [0.15, 0.2) is 0 Å². The monoisotopic (exact) mass is 284 g/mol. The van der Waals surface area contributed by atoms with Gasteiger partial charge in [-0.2, -0.15) is 0 Å². The first kappa shape index (κ1) is 16.7. The lowest BCUT2D eigenvalue weighted by Gasteiger charge is -2.07. The summed E-state index contributed by atoms with van der Waals surface area (Å²) in [7, 11) is 0. The van der Waals surface area contributed by atoms with E-state index in [4.69, 9.17) is 4.74 Å². The highest BCUT2D eigenvalue weighted by Gasteiger charge is 2.23. The molecule has 1 aliphatic rings. The van der Waals surface area contributed by atoms with Crippen molar-refractivity contribution in [3.63, 3.8) is 0 Å². The minimum atomic E-state index is -1.20. The number of hydrogen-bond acceptors (Lipinski definition) is 5. The second-order valence-corrected chi connectivity index (χ2v) is 5.00. The third kappa shape index (κ3) is 6.70. The first-order chi connectivity index (χ1) is 9.63. The zero-order valence-corrected chi connectivity index (χ0v) is 12.1. The predicted molar refractivity (Wildman–Crippen MR) is 73.8 cm³/mol. The van der Waals surface area contributed by atoms with Crippen LogP contribution in [0.3, 0.4) is 0 Å². The minimum absolute atomic E-state index is 0.162. The molecular formula is C15H24O5. The summed E-state index contributed by atoms with van der Waals surface area (Å²) in [5, 5.41) is 9.33. The Morgan fingerprint density at radius 1 is 1.30 bits per heavy atom. The number of unbranched alkanes of at least 4 members (excludes halogenated alkanes) is 5. The standard InChI is InChI=1S/C15H24O5/c1-2-3-4-5-6-7-10-19-13(16)9-8-12-11-14(17)20-15(12)18/h11,15,18H,2-10H2,1H3. The van der Waals surface area contributed by atoms with E-state index in [2.05, 4.69) is 11.7 Å². The number of aliphatic hydroxyl groups is 1. The fourth-order valence-electron chi connectivity index (χ4n) is 2.03. The summed E-state index contributed by atoms with van der Waals surface area (Å²) >= 11 is 0. The molecule has 20 heavy (non-hydrogen) atoms. The Morgan fingerprint density at radius 3 is 2.65 bits per heavy atom. The van der Waals surface area contributed by atoms with Gasteiger partial charge in [-0.05, 0) is 12.8 Å². The first-order valence-electron chi connectivity index (χ1n) is 7.38. The average Bonchev–Trinajstić information content (AvgIpc) is 2.73. The van der Waals surface area contributed by atoms with Gasteiger partial charge >= 0.3 is 11.9 Å². The van der Waals surface area contributed by atoms with Gasteiger partial charge in [-0.15, -0.1) is 0 Å². The zero-order valence-electron chi connectivity index (χ0n) is 12.1. The van der Waals surface area contributed by atoms with Crippen molar-refractivity contribution in [2.24, 2.45) is 0 Å². The normalized spacial score (nSPS) is 17.8. The van der Waals surface area contributed by atoms with Crippen molar-refractivity contribution in [2.45, 2.75) is 64.6 Å². The fraction of sp³-hybridized carbons (Fsp3) is 0.733. The van der Waals surface area contributed by atoms with E-state index in [1.165, 1.54) is 31.8 Å². The number of esters is 2. The first-order valence-corrected chi connectivity index (χ1v) is 7.38. The van der Waals surface area contributed by atoms with Crippen LogP contribution in [-0.4, -0.2) is 29.9 Å². The van der Waals surface area contributed by atoms with Crippen LogP contribution in [0.5, 0.6) is 0 Å². The van der Waals surface area contributed by atoms with Gasteiger partial charge < -0.3 is 14.6 Å². The molecule has 0 aromatic heterocycles. The van der Waals surface area contributed by atoms with Gasteiger partial charge in [-0.3, -0.25) is 4.79 Å². The Balaban J connectivity index is 2.01. The molecule has 0 amide bonds. The number of carbonyl (C=O) groups excluding carboxylic acids is 2. The second kappa shape index (κ2) is 9.53. The molecule has 0 fully saturated rings. The van der Waals surface area contributed by atoms with E-state index >= 15 is 0 Å². The molecule has 0 bridgehead atoms. The molecule has 1 rings (SSSR count). The third-order valence-corrected chi connectivity index (χ3v) is 3.23. The van der Waals surface area contributed by atoms with E-state index < -0.39 is 12.3 Å². The van der Waals surface area contributed by atoms with E-state index in [-0.39, 0.29) is 12.4 Å². The van der Waals surface area contributed by atoms with Crippen molar-refractivity contribution in [1.82, 2.24) is 0 Å². The Hall–Kier alpha value is -1.36. The molecular weight excluding hydrogens is 260 g/mol. The van der Waals surface area contributed by atoms with Gasteiger partial charge in [0.05, 0.1) is 6.61 Å². The number of aliphatic hydroxyl groups excluding tert-OH is 1. The van der Waals surface area contributed by atoms with Crippen LogP contribution in [0.15, 0.2) is 11.6 Å². The lowest BCUT2D eigenvalue weighted by molar-refractivity contribution is -0.151. The summed E-state index contributed by atoms with van der Waals surface area (Å²) in [5.41, 5.74) is 0.437. The van der Waals surface area contributed by atoms with Gasteiger partial charge in [0, 0.05) is 18.1 Å². The van der Waals surface area contributed by atoms with E-state index in [9.17, 15) is 14.7 Å². The van der Waals surface area contributed by atoms with Crippen LogP contribution < -0.4 is 0 Å². The largest absolute Gasteiger partial charge is 0.466 e. The zero-order chi connectivity index (χ0) is 14.8. The molecule has 1 aliphatic heterocycles. The third-order valence-electron chi connectivity index (χ3n) is 3.23. The lowest BCUT2D eigenvalue weighted by atomic mass is 10.1. The van der Waals surface area contributed by atoms with Crippen molar-refractivity contribution >= 4 is 11.9 Å².